The Morgan fingerprint density at radius 2 is 2.11 bits per heavy atom. The molecule has 2 rings (SSSR count). The van der Waals surface area contributed by atoms with E-state index in [9.17, 15) is 4.39 Å². The van der Waals surface area contributed by atoms with Gasteiger partial charge in [0, 0.05) is 22.3 Å². The molecule has 0 aliphatic heterocycles. The Bertz CT molecular complexity index is 556. The molecule has 0 fully saturated rings. The van der Waals surface area contributed by atoms with Crippen LogP contribution in [0.5, 0.6) is 0 Å². The molecule has 6 heteroatoms. The monoisotopic (exact) mass is 280 g/mol. The first kappa shape index (κ1) is 13.7. The van der Waals surface area contributed by atoms with E-state index in [2.05, 4.69) is 10.4 Å². The fourth-order valence-corrected chi connectivity index (χ4v) is 2.15. The van der Waals surface area contributed by atoms with Crippen LogP contribution in [0.25, 0.3) is 0 Å². The number of hydrogen-bond acceptors (Lipinski definition) is 4. The van der Waals surface area contributed by atoms with Gasteiger partial charge in [-0.3, -0.25) is 11.3 Å². The molecular formula is C13H14ClFN4. The Balaban J connectivity index is 2.32. The minimum Gasteiger partial charge on any atom is -0.383 e. The van der Waals surface area contributed by atoms with Crippen LogP contribution in [-0.4, -0.2) is 4.98 Å². The van der Waals surface area contributed by atoms with E-state index in [1.807, 2.05) is 0 Å². The van der Waals surface area contributed by atoms with Gasteiger partial charge in [-0.05, 0) is 24.6 Å². The maximum absolute atomic E-state index is 13.8. The molecule has 1 unspecified atom stereocenters. The van der Waals surface area contributed by atoms with Crippen molar-refractivity contribution in [2.24, 2.45) is 5.84 Å². The minimum atomic E-state index is -0.366. The molecule has 19 heavy (non-hydrogen) atoms. The first-order valence-electron chi connectivity index (χ1n) is 5.73. The lowest BCUT2D eigenvalue weighted by molar-refractivity contribution is 0.529. The average Bonchev–Trinajstić information content (AvgIpc) is 2.40. The zero-order chi connectivity index (χ0) is 13.8. The Morgan fingerprint density at radius 1 is 1.32 bits per heavy atom. The molecule has 0 spiro atoms. The van der Waals surface area contributed by atoms with E-state index in [1.165, 1.54) is 6.07 Å². The normalized spacial score (nSPS) is 12.4. The van der Waals surface area contributed by atoms with Crippen molar-refractivity contribution < 1.29 is 4.39 Å². The van der Waals surface area contributed by atoms with Crippen molar-refractivity contribution in [2.75, 3.05) is 5.73 Å². The van der Waals surface area contributed by atoms with Crippen LogP contribution in [0.1, 0.15) is 17.2 Å². The lowest BCUT2D eigenvalue weighted by Gasteiger charge is -2.18. The number of halogens is 2. The summed E-state index contributed by atoms with van der Waals surface area (Å²) in [7, 11) is 0. The van der Waals surface area contributed by atoms with E-state index in [4.69, 9.17) is 23.2 Å². The van der Waals surface area contributed by atoms with E-state index in [-0.39, 0.29) is 18.3 Å². The van der Waals surface area contributed by atoms with Crippen LogP contribution in [0.15, 0.2) is 36.5 Å². The number of nitrogens with zero attached hydrogens (tertiary/aromatic N) is 1. The third-order valence-electron chi connectivity index (χ3n) is 2.92. The fraction of sp³-hybridized carbons (Fsp3) is 0.154. The van der Waals surface area contributed by atoms with Crippen molar-refractivity contribution in [1.82, 2.24) is 10.4 Å². The molecule has 0 aliphatic rings. The van der Waals surface area contributed by atoms with Gasteiger partial charge in [0.05, 0.1) is 6.04 Å². The van der Waals surface area contributed by atoms with Crippen molar-refractivity contribution >= 4 is 17.4 Å². The number of hydrazine groups is 1. The molecule has 1 aromatic heterocycles. The van der Waals surface area contributed by atoms with Gasteiger partial charge in [0.2, 0.25) is 0 Å². The van der Waals surface area contributed by atoms with Gasteiger partial charge in [-0.25, -0.2) is 9.37 Å². The Morgan fingerprint density at radius 3 is 2.74 bits per heavy atom. The second kappa shape index (κ2) is 5.97. The molecule has 1 atom stereocenters. The molecule has 0 saturated carbocycles. The van der Waals surface area contributed by atoms with E-state index >= 15 is 0 Å². The molecule has 5 N–H and O–H groups in total. The zero-order valence-electron chi connectivity index (χ0n) is 10.1. The Labute approximate surface area is 115 Å². The summed E-state index contributed by atoms with van der Waals surface area (Å²) in [6.45, 7) is 0. The minimum absolute atomic E-state index is 0.290. The topological polar surface area (TPSA) is 77.0 Å². The molecule has 0 bridgehead atoms. The molecule has 0 aliphatic carbocycles. The maximum Gasteiger partial charge on any atom is 0.128 e. The van der Waals surface area contributed by atoms with Crippen LogP contribution in [-0.2, 0) is 6.42 Å². The van der Waals surface area contributed by atoms with Crippen LogP contribution >= 0.6 is 11.6 Å². The van der Waals surface area contributed by atoms with Crippen molar-refractivity contribution in [1.29, 1.82) is 0 Å². The standard InChI is InChI=1S/C13H14ClFN4/c14-10-4-1-5-11(15)9(10)7-12(19-17)8-3-2-6-18-13(8)16/h1-6,12,19H,7,17H2,(H2,16,18). The number of benzene rings is 1. The quantitative estimate of drug-likeness (QED) is 0.593. The third-order valence-corrected chi connectivity index (χ3v) is 3.27. The van der Waals surface area contributed by atoms with Crippen LogP contribution in [0.3, 0.4) is 0 Å². The van der Waals surface area contributed by atoms with Gasteiger partial charge in [0.1, 0.15) is 11.6 Å². The average molecular weight is 281 g/mol. The van der Waals surface area contributed by atoms with Gasteiger partial charge in [0.25, 0.3) is 0 Å². The van der Waals surface area contributed by atoms with Crippen molar-refractivity contribution in [3.8, 4) is 0 Å². The molecule has 1 aromatic carbocycles. The lowest BCUT2D eigenvalue weighted by atomic mass is 9.99. The van der Waals surface area contributed by atoms with E-state index in [1.54, 1.807) is 30.5 Å². The van der Waals surface area contributed by atoms with Gasteiger partial charge in [0.15, 0.2) is 0 Å². The number of nitrogens with two attached hydrogens (primary N) is 2. The second-order valence-corrected chi connectivity index (χ2v) is 4.51. The third kappa shape index (κ3) is 3.01. The van der Waals surface area contributed by atoms with Crippen LogP contribution in [0, 0.1) is 5.82 Å². The summed E-state index contributed by atoms with van der Waals surface area (Å²) >= 11 is 6.00. The number of rotatable bonds is 4. The maximum atomic E-state index is 13.8. The Hall–Kier alpha value is -1.69. The lowest BCUT2D eigenvalue weighted by Crippen LogP contribution is -2.30. The molecule has 4 nitrogen and oxygen atoms in total. The molecule has 0 amide bonds. The van der Waals surface area contributed by atoms with Crippen LogP contribution in [0.4, 0.5) is 10.2 Å². The summed E-state index contributed by atoms with van der Waals surface area (Å²) in [5.74, 6) is 5.52. The summed E-state index contributed by atoms with van der Waals surface area (Å²) in [5, 5.41) is 0.364. The number of nitrogen functional groups attached to an aromatic ring is 1. The molecule has 100 valence electrons. The summed E-state index contributed by atoms with van der Waals surface area (Å²) in [6, 6.07) is 7.75. The summed E-state index contributed by atoms with van der Waals surface area (Å²) < 4.78 is 13.8. The predicted octanol–water partition coefficient (Wildman–Crippen LogP) is 2.20. The fourth-order valence-electron chi connectivity index (χ4n) is 1.91. The summed E-state index contributed by atoms with van der Waals surface area (Å²) in [6.07, 6.45) is 1.88. The van der Waals surface area contributed by atoms with E-state index in [0.29, 0.717) is 22.0 Å². The van der Waals surface area contributed by atoms with Crippen LogP contribution < -0.4 is 17.0 Å². The highest BCUT2D eigenvalue weighted by molar-refractivity contribution is 6.31. The molecule has 1 heterocycles. The highest BCUT2D eigenvalue weighted by atomic mass is 35.5. The Kier molecular flexibility index (Phi) is 4.31. The SMILES string of the molecule is NNC(Cc1c(F)cccc1Cl)c1cccnc1N. The summed E-state index contributed by atoms with van der Waals surface area (Å²) in [4.78, 5) is 3.99. The zero-order valence-corrected chi connectivity index (χ0v) is 10.9. The largest absolute Gasteiger partial charge is 0.383 e. The smallest absolute Gasteiger partial charge is 0.128 e. The van der Waals surface area contributed by atoms with Crippen LogP contribution in [0.2, 0.25) is 5.02 Å². The number of hydrogen-bond donors (Lipinski definition) is 3. The number of nitrogens with one attached hydrogen (secondary N) is 1. The molecule has 0 saturated heterocycles. The molecule has 0 radical (unpaired) electrons. The van der Waals surface area contributed by atoms with Crippen molar-refractivity contribution in [3.63, 3.8) is 0 Å². The number of pyridine rings is 1. The highest BCUT2D eigenvalue weighted by Crippen LogP contribution is 2.27. The predicted molar refractivity (Wildman–Crippen MR) is 73.8 cm³/mol. The van der Waals surface area contributed by atoms with Gasteiger partial charge in [-0.2, -0.15) is 0 Å². The number of anilines is 1. The van der Waals surface area contributed by atoms with Gasteiger partial charge >= 0.3 is 0 Å². The highest BCUT2D eigenvalue weighted by Gasteiger charge is 2.17. The van der Waals surface area contributed by atoms with E-state index < -0.39 is 0 Å². The van der Waals surface area contributed by atoms with Gasteiger partial charge < -0.3 is 5.73 Å². The first-order valence-corrected chi connectivity index (χ1v) is 6.10. The second-order valence-electron chi connectivity index (χ2n) is 4.10. The van der Waals surface area contributed by atoms with Crippen molar-refractivity contribution in [3.05, 3.63) is 58.5 Å². The first-order chi connectivity index (χ1) is 9.13. The van der Waals surface area contributed by atoms with E-state index in [0.717, 1.165) is 0 Å². The van der Waals surface area contributed by atoms with Gasteiger partial charge in [-0.1, -0.05) is 23.7 Å². The van der Waals surface area contributed by atoms with Gasteiger partial charge in [-0.15, -0.1) is 0 Å². The molecular weight excluding hydrogens is 267 g/mol. The summed E-state index contributed by atoms with van der Waals surface area (Å²) in [5.41, 5.74) is 9.52. The number of aromatic nitrogens is 1. The molecule has 2 aromatic rings. The van der Waals surface area contributed by atoms with Crippen molar-refractivity contribution in [2.45, 2.75) is 12.5 Å².